The van der Waals surface area contributed by atoms with Gasteiger partial charge in [0.25, 0.3) is 0 Å². The van der Waals surface area contributed by atoms with E-state index in [-0.39, 0.29) is 19.1 Å². The number of hydrogen-bond acceptors (Lipinski definition) is 4. The number of rotatable bonds is 9. The lowest BCUT2D eigenvalue weighted by Crippen LogP contribution is -2.50. The standard InChI is InChI=1S/C24H28N2O5/c1-3-9-21(23(29)26(4-2)14-22(27)28)25-24(30)31-15-20-18-12-7-5-10-16(18)17-11-6-8-13-19(17)20/h5-8,10-13,20-21H,3-4,9,14-15H2,1-2H3,(H,25,30)(H,27,28)/t21-/m0/s1. The highest BCUT2D eigenvalue weighted by Crippen LogP contribution is 2.44. The lowest BCUT2D eigenvalue weighted by molar-refractivity contribution is -0.145. The molecule has 2 aromatic rings. The number of nitrogens with zero attached hydrogens (tertiary/aromatic N) is 1. The molecule has 0 bridgehead atoms. The van der Waals surface area contributed by atoms with Gasteiger partial charge in [0.05, 0.1) is 0 Å². The van der Waals surface area contributed by atoms with E-state index in [1.54, 1.807) is 6.92 Å². The molecule has 2 aromatic carbocycles. The smallest absolute Gasteiger partial charge is 0.407 e. The Hall–Kier alpha value is -3.35. The Kier molecular flexibility index (Phi) is 7.28. The van der Waals surface area contributed by atoms with Crippen LogP contribution in [0.3, 0.4) is 0 Å². The summed E-state index contributed by atoms with van der Waals surface area (Å²) in [5.41, 5.74) is 4.49. The molecule has 3 rings (SSSR count). The Labute approximate surface area is 182 Å². The summed E-state index contributed by atoms with van der Waals surface area (Å²) in [5.74, 6) is -1.58. The first-order valence-corrected chi connectivity index (χ1v) is 10.6. The number of carboxylic acids is 1. The second-order valence-corrected chi connectivity index (χ2v) is 7.56. The van der Waals surface area contributed by atoms with Crippen molar-refractivity contribution in [3.8, 4) is 11.1 Å². The van der Waals surface area contributed by atoms with Gasteiger partial charge in [-0.15, -0.1) is 0 Å². The number of hydrogen-bond donors (Lipinski definition) is 2. The fourth-order valence-electron chi connectivity index (χ4n) is 4.06. The van der Waals surface area contributed by atoms with Gasteiger partial charge in [0.1, 0.15) is 19.2 Å². The van der Waals surface area contributed by atoms with Gasteiger partial charge in [0.15, 0.2) is 0 Å². The first-order valence-electron chi connectivity index (χ1n) is 10.6. The number of ether oxygens (including phenoxy) is 1. The van der Waals surface area contributed by atoms with E-state index in [1.165, 1.54) is 4.90 Å². The number of alkyl carbamates (subject to hydrolysis) is 1. The number of nitrogens with one attached hydrogen (secondary N) is 1. The van der Waals surface area contributed by atoms with Crippen LogP contribution in [0.4, 0.5) is 4.79 Å². The quantitative estimate of drug-likeness (QED) is 0.641. The molecule has 0 unspecified atom stereocenters. The molecule has 0 heterocycles. The molecule has 0 aliphatic heterocycles. The normalized spacial score (nSPS) is 13.1. The second kappa shape index (κ2) is 10.1. The number of likely N-dealkylation sites (N-methyl/N-ethyl adjacent to an activating group) is 1. The van der Waals surface area contributed by atoms with Crippen LogP contribution in [-0.2, 0) is 14.3 Å². The molecule has 0 radical (unpaired) electrons. The zero-order valence-electron chi connectivity index (χ0n) is 17.8. The Morgan fingerprint density at radius 2 is 1.61 bits per heavy atom. The minimum absolute atomic E-state index is 0.0716. The lowest BCUT2D eigenvalue weighted by Gasteiger charge is -2.25. The second-order valence-electron chi connectivity index (χ2n) is 7.56. The first-order chi connectivity index (χ1) is 15.0. The molecule has 164 valence electrons. The summed E-state index contributed by atoms with van der Waals surface area (Å²) in [6.07, 6.45) is 0.379. The Bertz CT molecular complexity index is 913. The van der Waals surface area contributed by atoms with Crippen molar-refractivity contribution >= 4 is 18.0 Å². The van der Waals surface area contributed by atoms with Crippen molar-refractivity contribution in [3.63, 3.8) is 0 Å². The van der Waals surface area contributed by atoms with Gasteiger partial charge in [0, 0.05) is 12.5 Å². The van der Waals surface area contributed by atoms with Crippen LogP contribution in [0, 0.1) is 0 Å². The van der Waals surface area contributed by atoms with Gasteiger partial charge in [-0.3, -0.25) is 9.59 Å². The molecule has 1 aliphatic rings. The van der Waals surface area contributed by atoms with Gasteiger partial charge >= 0.3 is 12.1 Å². The van der Waals surface area contributed by atoms with Crippen LogP contribution in [0.1, 0.15) is 43.7 Å². The molecular weight excluding hydrogens is 396 g/mol. The van der Waals surface area contributed by atoms with Gasteiger partial charge in [-0.25, -0.2) is 4.79 Å². The highest BCUT2D eigenvalue weighted by atomic mass is 16.5. The van der Waals surface area contributed by atoms with E-state index in [0.717, 1.165) is 22.3 Å². The summed E-state index contributed by atoms with van der Waals surface area (Å²) in [5, 5.41) is 11.6. The molecule has 2 N–H and O–H groups in total. The van der Waals surface area contributed by atoms with Gasteiger partial charge in [-0.1, -0.05) is 61.9 Å². The van der Waals surface area contributed by atoms with E-state index in [2.05, 4.69) is 17.4 Å². The Morgan fingerprint density at radius 1 is 1.03 bits per heavy atom. The number of carboxylic acid groups (broad SMARTS) is 1. The van der Waals surface area contributed by atoms with Gasteiger partial charge < -0.3 is 20.1 Å². The highest BCUT2D eigenvalue weighted by molar-refractivity contribution is 5.88. The van der Waals surface area contributed by atoms with Crippen molar-refractivity contribution in [1.29, 1.82) is 0 Å². The van der Waals surface area contributed by atoms with Crippen LogP contribution in [0.5, 0.6) is 0 Å². The average molecular weight is 424 g/mol. The first kappa shape index (κ1) is 22.3. The van der Waals surface area contributed by atoms with E-state index in [0.29, 0.717) is 12.8 Å². The minimum Gasteiger partial charge on any atom is -0.480 e. The van der Waals surface area contributed by atoms with Crippen molar-refractivity contribution in [2.75, 3.05) is 19.7 Å². The zero-order chi connectivity index (χ0) is 22.4. The summed E-state index contributed by atoms with van der Waals surface area (Å²) in [6, 6.07) is 15.3. The molecule has 2 amide bonds. The van der Waals surface area contributed by atoms with Crippen molar-refractivity contribution < 1.29 is 24.2 Å². The van der Waals surface area contributed by atoms with E-state index in [4.69, 9.17) is 9.84 Å². The van der Waals surface area contributed by atoms with Crippen LogP contribution < -0.4 is 5.32 Å². The molecule has 0 aromatic heterocycles. The van der Waals surface area contributed by atoms with Crippen molar-refractivity contribution in [2.45, 2.75) is 38.6 Å². The predicted molar refractivity (Wildman–Crippen MR) is 117 cm³/mol. The van der Waals surface area contributed by atoms with Crippen LogP contribution in [-0.4, -0.2) is 53.7 Å². The maximum Gasteiger partial charge on any atom is 0.407 e. The number of amides is 2. The largest absolute Gasteiger partial charge is 0.480 e. The number of benzene rings is 2. The fraction of sp³-hybridized carbons (Fsp3) is 0.375. The number of fused-ring (bicyclic) bond motifs is 3. The SMILES string of the molecule is CCC[C@H](NC(=O)OCC1c2ccccc2-c2ccccc21)C(=O)N(CC)CC(=O)O. The van der Waals surface area contributed by atoms with Crippen LogP contribution in [0.25, 0.3) is 11.1 Å². The van der Waals surface area contributed by atoms with E-state index in [9.17, 15) is 14.4 Å². The molecule has 1 atom stereocenters. The third-order valence-corrected chi connectivity index (χ3v) is 5.53. The zero-order valence-corrected chi connectivity index (χ0v) is 17.8. The third-order valence-electron chi connectivity index (χ3n) is 5.53. The average Bonchev–Trinajstić information content (AvgIpc) is 3.09. The minimum atomic E-state index is -1.09. The molecule has 0 saturated carbocycles. The summed E-state index contributed by atoms with van der Waals surface area (Å²) < 4.78 is 5.52. The molecule has 0 spiro atoms. The number of carbonyl (C=O) groups is 3. The molecule has 7 nitrogen and oxygen atoms in total. The van der Waals surface area contributed by atoms with E-state index >= 15 is 0 Å². The maximum absolute atomic E-state index is 12.7. The highest BCUT2D eigenvalue weighted by Gasteiger charge is 2.30. The molecule has 1 aliphatic carbocycles. The molecular formula is C24H28N2O5. The van der Waals surface area contributed by atoms with E-state index < -0.39 is 30.6 Å². The maximum atomic E-state index is 12.7. The fourth-order valence-corrected chi connectivity index (χ4v) is 4.06. The molecule has 31 heavy (non-hydrogen) atoms. The summed E-state index contributed by atoms with van der Waals surface area (Å²) in [4.78, 5) is 37.5. The Balaban J connectivity index is 1.67. The molecule has 0 saturated heterocycles. The van der Waals surface area contributed by atoms with Gasteiger partial charge in [0.2, 0.25) is 5.91 Å². The Morgan fingerprint density at radius 3 is 2.13 bits per heavy atom. The van der Waals surface area contributed by atoms with Crippen LogP contribution in [0.2, 0.25) is 0 Å². The van der Waals surface area contributed by atoms with Crippen LogP contribution in [0.15, 0.2) is 48.5 Å². The third kappa shape index (κ3) is 5.05. The lowest BCUT2D eigenvalue weighted by atomic mass is 9.98. The predicted octanol–water partition coefficient (Wildman–Crippen LogP) is 3.63. The topological polar surface area (TPSA) is 95.9 Å². The number of aliphatic carboxylic acids is 1. The molecule has 0 fully saturated rings. The van der Waals surface area contributed by atoms with Gasteiger partial charge in [-0.2, -0.15) is 0 Å². The summed E-state index contributed by atoms with van der Waals surface area (Å²) in [7, 11) is 0. The monoisotopic (exact) mass is 424 g/mol. The summed E-state index contributed by atoms with van der Waals surface area (Å²) >= 11 is 0. The van der Waals surface area contributed by atoms with Gasteiger partial charge in [-0.05, 0) is 35.6 Å². The molecule has 7 heteroatoms. The number of carbonyl (C=O) groups excluding carboxylic acids is 2. The van der Waals surface area contributed by atoms with Crippen molar-refractivity contribution in [2.24, 2.45) is 0 Å². The summed E-state index contributed by atoms with van der Waals surface area (Å²) in [6.45, 7) is 3.60. The van der Waals surface area contributed by atoms with Crippen molar-refractivity contribution in [1.82, 2.24) is 10.2 Å². The van der Waals surface area contributed by atoms with Crippen molar-refractivity contribution in [3.05, 3.63) is 59.7 Å². The van der Waals surface area contributed by atoms with Crippen LogP contribution >= 0.6 is 0 Å². The van der Waals surface area contributed by atoms with E-state index in [1.807, 2.05) is 43.3 Å².